The lowest BCUT2D eigenvalue weighted by Gasteiger charge is -2.23. The van der Waals surface area contributed by atoms with Crippen molar-refractivity contribution in [3.8, 4) is 0 Å². The average molecular weight is 252 g/mol. The van der Waals surface area contributed by atoms with Gasteiger partial charge in [-0.25, -0.2) is 9.18 Å². The molecule has 5 heteroatoms. The SMILES string of the molecule is Cc1cc(F)cc(NC(=O)N2CCCC2CO)c1. The molecule has 98 valence electrons. The van der Waals surface area contributed by atoms with E-state index in [-0.39, 0.29) is 24.5 Å². The monoisotopic (exact) mass is 252 g/mol. The van der Waals surface area contributed by atoms with E-state index < -0.39 is 0 Å². The van der Waals surface area contributed by atoms with Gasteiger partial charge in [-0.05, 0) is 43.5 Å². The third-order valence-corrected chi connectivity index (χ3v) is 3.14. The van der Waals surface area contributed by atoms with E-state index in [0.717, 1.165) is 18.4 Å². The highest BCUT2D eigenvalue weighted by molar-refractivity contribution is 5.89. The van der Waals surface area contributed by atoms with Gasteiger partial charge >= 0.3 is 6.03 Å². The summed E-state index contributed by atoms with van der Waals surface area (Å²) in [7, 11) is 0. The number of nitrogens with one attached hydrogen (secondary N) is 1. The lowest BCUT2D eigenvalue weighted by atomic mass is 10.2. The predicted molar refractivity (Wildman–Crippen MR) is 67.0 cm³/mol. The van der Waals surface area contributed by atoms with Gasteiger partial charge in [0.2, 0.25) is 0 Å². The van der Waals surface area contributed by atoms with Crippen molar-refractivity contribution in [2.24, 2.45) is 0 Å². The number of halogens is 1. The third kappa shape index (κ3) is 2.79. The largest absolute Gasteiger partial charge is 0.394 e. The molecule has 1 unspecified atom stereocenters. The van der Waals surface area contributed by atoms with Crippen LogP contribution in [-0.2, 0) is 0 Å². The zero-order chi connectivity index (χ0) is 13.1. The van der Waals surface area contributed by atoms with E-state index in [1.54, 1.807) is 17.9 Å². The van der Waals surface area contributed by atoms with Crippen LogP contribution < -0.4 is 5.32 Å². The number of carbonyl (C=O) groups is 1. The second-order valence-corrected chi connectivity index (χ2v) is 4.62. The van der Waals surface area contributed by atoms with E-state index in [1.807, 2.05) is 0 Å². The minimum Gasteiger partial charge on any atom is -0.394 e. The van der Waals surface area contributed by atoms with Crippen molar-refractivity contribution < 1.29 is 14.3 Å². The van der Waals surface area contributed by atoms with Crippen LogP contribution in [0.15, 0.2) is 18.2 Å². The molecule has 4 nitrogen and oxygen atoms in total. The van der Waals surface area contributed by atoms with Crippen LogP contribution in [0.5, 0.6) is 0 Å². The van der Waals surface area contributed by atoms with Gasteiger partial charge in [0.25, 0.3) is 0 Å². The summed E-state index contributed by atoms with van der Waals surface area (Å²) >= 11 is 0. The smallest absolute Gasteiger partial charge is 0.322 e. The number of benzene rings is 1. The first kappa shape index (κ1) is 12.8. The maximum Gasteiger partial charge on any atom is 0.322 e. The highest BCUT2D eigenvalue weighted by Crippen LogP contribution is 2.19. The van der Waals surface area contributed by atoms with Crippen LogP contribution in [-0.4, -0.2) is 35.2 Å². The Hall–Kier alpha value is -1.62. The quantitative estimate of drug-likeness (QED) is 0.847. The van der Waals surface area contributed by atoms with E-state index in [1.165, 1.54) is 12.1 Å². The molecule has 1 aliphatic rings. The summed E-state index contributed by atoms with van der Waals surface area (Å²) in [5, 5.41) is 11.8. The Labute approximate surface area is 105 Å². The number of carbonyl (C=O) groups excluding carboxylic acids is 1. The van der Waals surface area contributed by atoms with Crippen molar-refractivity contribution in [3.05, 3.63) is 29.6 Å². The molecule has 0 aromatic heterocycles. The van der Waals surface area contributed by atoms with Crippen LogP contribution in [0.25, 0.3) is 0 Å². The van der Waals surface area contributed by atoms with E-state index >= 15 is 0 Å². The molecule has 0 bridgehead atoms. The normalized spacial score (nSPS) is 19.1. The molecule has 1 aromatic carbocycles. The topological polar surface area (TPSA) is 52.6 Å². The Bertz CT molecular complexity index is 430. The van der Waals surface area contributed by atoms with Gasteiger partial charge in [-0.1, -0.05) is 0 Å². The van der Waals surface area contributed by atoms with Crippen LogP contribution >= 0.6 is 0 Å². The predicted octanol–water partition coefficient (Wildman–Crippen LogP) is 2.12. The Morgan fingerprint density at radius 3 is 3.00 bits per heavy atom. The van der Waals surface area contributed by atoms with E-state index in [4.69, 9.17) is 5.11 Å². The van der Waals surface area contributed by atoms with Crippen LogP contribution in [0, 0.1) is 12.7 Å². The molecule has 0 saturated carbocycles. The zero-order valence-electron chi connectivity index (χ0n) is 10.3. The van der Waals surface area contributed by atoms with Gasteiger partial charge in [-0.15, -0.1) is 0 Å². The molecule has 2 N–H and O–H groups in total. The van der Waals surface area contributed by atoms with Gasteiger partial charge in [0, 0.05) is 12.2 Å². The first-order chi connectivity index (χ1) is 8.60. The molecule has 1 saturated heterocycles. The fourth-order valence-electron chi connectivity index (χ4n) is 2.30. The fourth-order valence-corrected chi connectivity index (χ4v) is 2.30. The summed E-state index contributed by atoms with van der Waals surface area (Å²) < 4.78 is 13.2. The molecular formula is C13H17FN2O2. The highest BCUT2D eigenvalue weighted by atomic mass is 19.1. The number of hydrogen-bond acceptors (Lipinski definition) is 2. The van der Waals surface area contributed by atoms with Crippen molar-refractivity contribution in [3.63, 3.8) is 0 Å². The minimum atomic E-state index is -0.370. The molecule has 0 aliphatic carbocycles. The lowest BCUT2D eigenvalue weighted by molar-refractivity contribution is 0.166. The highest BCUT2D eigenvalue weighted by Gasteiger charge is 2.28. The summed E-state index contributed by atoms with van der Waals surface area (Å²) in [4.78, 5) is 13.6. The molecule has 1 fully saturated rings. The number of likely N-dealkylation sites (tertiary alicyclic amines) is 1. The van der Waals surface area contributed by atoms with E-state index in [9.17, 15) is 9.18 Å². The first-order valence-electron chi connectivity index (χ1n) is 6.06. The molecular weight excluding hydrogens is 235 g/mol. The van der Waals surface area contributed by atoms with Crippen molar-refractivity contribution in [2.45, 2.75) is 25.8 Å². The average Bonchev–Trinajstić information content (AvgIpc) is 2.75. The van der Waals surface area contributed by atoms with Gasteiger partial charge in [0.1, 0.15) is 5.82 Å². The Kier molecular flexibility index (Phi) is 3.81. The Balaban J connectivity index is 2.06. The second-order valence-electron chi connectivity index (χ2n) is 4.62. The van der Waals surface area contributed by atoms with Crippen LogP contribution in [0.3, 0.4) is 0 Å². The Morgan fingerprint density at radius 1 is 1.56 bits per heavy atom. The molecule has 1 atom stereocenters. The maximum absolute atomic E-state index is 13.2. The second kappa shape index (κ2) is 5.35. The lowest BCUT2D eigenvalue weighted by Crippen LogP contribution is -2.40. The molecule has 18 heavy (non-hydrogen) atoms. The molecule has 2 amide bonds. The van der Waals surface area contributed by atoms with Gasteiger partial charge in [-0.2, -0.15) is 0 Å². The first-order valence-corrected chi connectivity index (χ1v) is 6.06. The van der Waals surface area contributed by atoms with Crippen molar-refractivity contribution in [2.75, 3.05) is 18.5 Å². The minimum absolute atomic E-state index is 0.0321. The summed E-state index contributed by atoms with van der Waals surface area (Å²) in [6.07, 6.45) is 1.70. The number of hydrogen-bond donors (Lipinski definition) is 2. The zero-order valence-corrected chi connectivity index (χ0v) is 10.3. The standard InChI is InChI=1S/C13H17FN2O2/c1-9-5-10(14)7-11(6-9)15-13(18)16-4-2-3-12(16)8-17/h5-7,12,17H,2-4,8H2,1H3,(H,15,18). The number of rotatable bonds is 2. The van der Waals surface area contributed by atoms with Gasteiger partial charge in [0.15, 0.2) is 0 Å². The summed E-state index contributed by atoms with van der Waals surface area (Å²) in [5.41, 5.74) is 1.20. The summed E-state index contributed by atoms with van der Waals surface area (Å²) in [6, 6.07) is 4.00. The number of aryl methyl sites for hydroxylation is 1. The van der Waals surface area contributed by atoms with Gasteiger partial charge in [0.05, 0.1) is 12.6 Å². The number of aliphatic hydroxyl groups is 1. The fraction of sp³-hybridized carbons (Fsp3) is 0.462. The van der Waals surface area contributed by atoms with E-state index in [2.05, 4.69) is 5.32 Å². The van der Waals surface area contributed by atoms with E-state index in [0.29, 0.717) is 12.2 Å². The number of aliphatic hydroxyl groups excluding tert-OH is 1. The molecule has 2 rings (SSSR count). The van der Waals surface area contributed by atoms with Crippen LogP contribution in [0.4, 0.5) is 14.9 Å². The third-order valence-electron chi connectivity index (χ3n) is 3.14. The number of amides is 2. The van der Waals surface area contributed by atoms with Gasteiger partial charge in [-0.3, -0.25) is 0 Å². The van der Waals surface area contributed by atoms with Gasteiger partial charge < -0.3 is 15.3 Å². The van der Waals surface area contributed by atoms with Crippen LogP contribution in [0.2, 0.25) is 0 Å². The molecule has 1 aliphatic heterocycles. The molecule has 1 aromatic rings. The van der Waals surface area contributed by atoms with Crippen molar-refractivity contribution >= 4 is 11.7 Å². The molecule has 0 spiro atoms. The maximum atomic E-state index is 13.2. The van der Waals surface area contributed by atoms with Crippen LogP contribution in [0.1, 0.15) is 18.4 Å². The Morgan fingerprint density at radius 2 is 2.33 bits per heavy atom. The molecule has 1 heterocycles. The van der Waals surface area contributed by atoms with Crippen molar-refractivity contribution in [1.82, 2.24) is 4.90 Å². The number of nitrogens with zero attached hydrogens (tertiary/aromatic N) is 1. The molecule has 0 radical (unpaired) electrons. The van der Waals surface area contributed by atoms with Crippen molar-refractivity contribution in [1.29, 1.82) is 0 Å². The summed E-state index contributed by atoms with van der Waals surface area (Å²) in [5.74, 6) is -0.370. The number of urea groups is 1. The number of anilines is 1. The summed E-state index contributed by atoms with van der Waals surface area (Å²) in [6.45, 7) is 2.37.